The lowest BCUT2D eigenvalue weighted by Gasteiger charge is -2.30. The molecule has 25 nitrogen and oxygen atoms in total. The molecule has 0 saturated carbocycles. The van der Waals surface area contributed by atoms with Crippen LogP contribution in [0.3, 0.4) is 0 Å². The van der Waals surface area contributed by atoms with Gasteiger partial charge in [-0.2, -0.15) is 4.31 Å². The van der Waals surface area contributed by atoms with Crippen LogP contribution in [-0.2, 0) is 50.7 Å². The van der Waals surface area contributed by atoms with Crippen molar-refractivity contribution in [1.29, 1.82) is 0 Å². The lowest BCUT2D eigenvalue weighted by molar-refractivity contribution is -0.137. The van der Waals surface area contributed by atoms with E-state index in [2.05, 4.69) is 34.4 Å². The number of anilines is 1. The number of aliphatic hydroxyl groups is 3. The zero-order chi connectivity index (χ0) is 43.6. The number of thioether (sulfide) groups is 1. The highest BCUT2D eigenvalue weighted by Crippen LogP contribution is 2.61. The Morgan fingerprint density at radius 3 is 2.36 bits per heavy atom. The minimum absolute atomic E-state index is 0.0264. The molecule has 1 aliphatic rings. The number of aliphatic hydroxyl groups excluding tert-OH is 3. The van der Waals surface area contributed by atoms with Crippen LogP contribution in [-0.4, -0.2) is 134 Å². The quantitative estimate of drug-likeness (QED) is 0.0483. The maximum absolute atomic E-state index is 12.7. The standard InChI is InChI=1S/C29H50N7O18P3S/c1-5-6-7-17(16(2)37)28(42)58-11-10-31-19(38)8-9-32-26(41)23(40)29(3,4)13-51-57(48,49)54-56(46,47)50-12-18-22(53-55(43,44)45)21(39)27(52-18)36-15-35-20-24(30)33-14-34-25(20)36/h14-18,21-23,27,37,39-40H,5-13H2,1-4H3,(H,31,38)(H,32,41)(H,46,47)(H,48,49)(H2,30,33,34)(H2,43,44,45)/t16?,17?,18-,21-,22-,23?,27-/m1/s1. The molecule has 2 aromatic rings. The summed E-state index contributed by atoms with van der Waals surface area (Å²) in [7, 11) is -16.4. The molecule has 3 rings (SSSR count). The van der Waals surface area contributed by atoms with Gasteiger partial charge in [0.05, 0.1) is 31.6 Å². The van der Waals surface area contributed by atoms with Gasteiger partial charge in [-0.3, -0.25) is 32.5 Å². The monoisotopic (exact) mass is 909 g/mol. The highest BCUT2D eigenvalue weighted by molar-refractivity contribution is 8.13. The van der Waals surface area contributed by atoms with E-state index >= 15 is 0 Å². The molecule has 0 spiro atoms. The molecule has 2 aromatic heterocycles. The van der Waals surface area contributed by atoms with Crippen molar-refractivity contribution in [2.24, 2.45) is 11.3 Å². The number of phosphoric acid groups is 3. The van der Waals surface area contributed by atoms with Crippen molar-refractivity contribution < 1.29 is 85.6 Å². The highest BCUT2D eigenvalue weighted by Gasteiger charge is 2.50. The molecule has 0 bridgehead atoms. The van der Waals surface area contributed by atoms with Crippen molar-refractivity contribution in [1.82, 2.24) is 30.2 Å². The number of nitrogens with one attached hydrogen (secondary N) is 2. The largest absolute Gasteiger partial charge is 0.481 e. The first-order chi connectivity index (χ1) is 26.9. The number of imidazole rings is 1. The summed E-state index contributed by atoms with van der Waals surface area (Å²) in [5.41, 5.74) is 4.24. The second-order valence-corrected chi connectivity index (χ2v) is 19.1. The summed E-state index contributed by atoms with van der Waals surface area (Å²) in [5, 5.41) is 36.1. The fourth-order valence-corrected chi connectivity index (χ4v) is 9.13. The van der Waals surface area contributed by atoms with Crippen LogP contribution < -0.4 is 16.4 Å². The third kappa shape index (κ3) is 14.9. The summed E-state index contributed by atoms with van der Waals surface area (Å²) < 4.78 is 62.1. The second-order valence-electron chi connectivity index (χ2n) is 13.7. The van der Waals surface area contributed by atoms with Crippen LogP contribution in [0.15, 0.2) is 12.7 Å². The normalized spacial score (nSPS) is 22.5. The number of ether oxygens (including phenoxy) is 1. The molecule has 9 atom stereocenters. The zero-order valence-electron chi connectivity index (χ0n) is 31.8. The smallest absolute Gasteiger partial charge is 0.393 e. The predicted molar refractivity (Wildman–Crippen MR) is 202 cm³/mol. The Bertz CT molecular complexity index is 1870. The van der Waals surface area contributed by atoms with E-state index in [0.717, 1.165) is 41.8 Å². The van der Waals surface area contributed by atoms with E-state index in [1.165, 1.54) is 13.8 Å². The Kier molecular flexibility index (Phi) is 18.4. The highest BCUT2D eigenvalue weighted by atomic mass is 32.2. The Labute approximate surface area is 336 Å². The van der Waals surface area contributed by atoms with Crippen molar-refractivity contribution >= 4 is 69.1 Å². The number of phosphoric ester groups is 3. The molecule has 11 N–H and O–H groups in total. The lowest BCUT2D eigenvalue weighted by Crippen LogP contribution is -2.46. The first-order valence-electron chi connectivity index (χ1n) is 17.6. The number of rotatable bonds is 24. The number of unbranched alkanes of at least 4 members (excludes halogenated alkanes) is 1. The average molecular weight is 910 g/mol. The SMILES string of the molecule is CCCCC(C(=O)SCCNC(=O)CCNC(=O)C(O)C(C)(C)COP(=O)(O)OP(=O)(O)OC[C@H]1O[C@@H](n2cnc3c(N)ncnc32)[C@H](O)[C@@H]1OP(=O)(O)O)C(C)O. The maximum Gasteiger partial charge on any atom is 0.481 e. The van der Waals surface area contributed by atoms with Crippen LogP contribution in [0.1, 0.15) is 59.6 Å². The topological polar surface area (TPSA) is 384 Å². The van der Waals surface area contributed by atoms with E-state index in [4.69, 9.17) is 19.5 Å². The number of carbonyl (C=O) groups excluding carboxylic acids is 3. The molecule has 5 unspecified atom stereocenters. The molecule has 1 aliphatic heterocycles. The summed E-state index contributed by atoms with van der Waals surface area (Å²) >= 11 is 0.997. The summed E-state index contributed by atoms with van der Waals surface area (Å²) in [6.45, 7) is 3.91. The first-order valence-corrected chi connectivity index (χ1v) is 23.1. The number of carbonyl (C=O) groups is 3. The Morgan fingerprint density at radius 1 is 1.05 bits per heavy atom. The fraction of sp³-hybridized carbons (Fsp3) is 0.724. The van der Waals surface area contributed by atoms with E-state index in [0.29, 0.717) is 6.42 Å². The fourth-order valence-electron chi connectivity index (χ4n) is 5.37. The van der Waals surface area contributed by atoms with Crippen molar-refractivity contribution in [3.8, 4) is 0 Å². The molecule has 2 amide bonds. The number of nitrogen functional groups attached to an aromatic ring is 1. The van der Waals surface area contributed by atoms with Crippen molar-refractivity contribution in [3.63, 3.8) is 0 Å². The number of fused-ring (bicyclic) bond motifs is 1. The van der Waals surface area contributed by atoms with E-state index < -0.39 is 96.6 Å². The molecule has 58 heavy (non-hydrogen) atoms. The zero-order valence-corrected chi connectivity index (χ0v) is 35.3. The summed E-state index contributed by atoms with van der Waals surface area (Å²) in [4.78, 5) is 88.2. The summed E-state index contributed by atoms with van der Waals surface area (Å²) in [6, 6.07) is 0. The van der Waals surface area contributed by atoms with Gasteiger partial charge in [-0.1, -0.05) is 45.4 Å². The number of nitrogens with two attached hydrogens (primary N) is 1. The Morgan fingerprint density at radius 2 is 1.72 bits per heavy atom. The van der Waals surface area contributed by atoms with Gasteiger partial charge >= 0.3 is 23.5 Å². The molecular formula is C29H50N7O18P3S. The van der Waals surface area contributed by atoms with Gasteiger partial charge < -0.3 is 56.0 Å². The van der Waals surface area contributed by atoms with Gasteiger partial charge in [-0.15, -0.1) is 0 Å². The van der Waals surface area contributed by atoms with E-state index in [-0.39, 0.29) is 47.4 Å². The third-order valence-electron chi connectivity index (χ3n) is 8.50. The predicted octanol–water partition coefficient (Wildman–Crippen LogP) is -0.148. The minimum Gasteiger partial charge on any atom is -0.393 e. The molecule has 3 heterocycles. The molecule has 0 aromatic carbocycles. The first kappa shape index (κ1) is 49.9. The Hall–Kier alpha value is -2.48. The van der Waals surface area contributed by atoms with Crippen molar-refractivity contribution in [2.45, 2.75) is 90.1 Å². The van der Waals surface area contributed by atoms with Crippen LogP contribution in [0, 0.1) is 11.3 Å². The summed E-state index contributed by atoms with van der Waals surface area (Å²) in [6.07, 6.45) is -5.55. The number of hydrogen-bond donors (Lipinski definition) is 10. The van der Waals surface area contributed by atoms with Gasteiger partial charge in [0, 0.05) is 30.7 Å². The van der Waals surface area contributed by atoms with Crippen molar-refractivity contribution in [3.05, 3.63) is 12.7 Å². The maximum atomic E-state index is 12.7. The number of hydrogen-bond acceptors (Lipinski definition) is 19. The third-order valence-corrected chi connectivity index (χ3v) is 12.6. The minimum atomic E-state index is -5.58. The summed E-state index contributed by atoms with van der Waals surface area (Å²) in [5.74, 6) is -1.74. The van der Waals surface area contributed by atoms with E-state index in [1.807, 2.05) is 6.92 Å². The van der Waals surface area contributed by atoms with Gasteiger partial charge in [-0.25, -0.2) is 28.6 Å². The lowest BCUT2D eigenvalue weighted by atomic mass is 9.87. The van der Waals surface area contributed by atoms with Gasteiger partial charge in [0.2, 0.25) is 11.8 Å². The second kappa shape index (κ2) is 21.4. The van der Waals surface area contributed by atoms with Crippen LogP contribution in [0.4, 0.5) is 5.82 Å². The molecule has 29 heteroatoms. The number of amides is 2. The molecule has 0 aliphatic carbocycles. The molecule has 1 saturated heterocycles. The van der Waals surface area contributed by atoms with Crippen LogP contribution in [0.25, 0.3) is 11.2 Å². The van der Waals surface area contributed by atoms with Gasteiger partial charge in [0.25, 0.3) is 0 Å². The van der Waals surface area contributed by atoms with E-state index in [9.17, 15) is 63.0 Å². The van der Waals surface area contributed by atoms with Crippen LogP contribution >= 0.6 is 35.2 Å². The van der Waals surface area contributed by atoms with E-state index in [1.54, 1.807) is 6.92 Å². The molecule has 330 valence electrons. The number of aromatic nitrogens is 4. The molecular weight excluding hydrogens is 859 g/mol. The van der Waals surface area contributed by atoms with Crippen molar-refractivity contribution in [2.75, 3.05) is 37.8 Å². The van der Waals surface area contributed by atoms with Gasteiger partial charge in [-0.05, 0) is 13.3 Å². The van der Waals surface area contributed by atoms with Gasteiger partial charge in [0.1, 0.15) is 36.3 Å². The number of nitrogens with zero attached hydrogens (tertiary/aromatic N) is 4. The molecule has 0 radical (unpaired) electrons. The van der Waals surface area contributed by atoms with Gasteiger partial charge in [0.15, 0.2) is 22.8 Å². The van der Waals surface area contributed by atoms with Crippen LogP contribution in [0.2, 0.25) is 0 Å². The van der Waals surface area contributed by atoms with Crippen LogP contribution in [0.5, 0.6) is 0 Å². The Balaban J connectivity index is 1.47. The molecule has 1 fully saturated rings. The average Bonchev–Trinajstić information content (AvgIpc) is 3.68.